The van der Waals surface area contributed by atoms with Crippen molar-refractivity contribution in [3.63, 3.8) is 0 Å². The molecule has 1 aliphatic rings. The number of carbonyl (C=O) groups is 1. The summed E-state index contributed by atoms with van der Waals surface area (Å²) in [6.45, 7) is 1.39. The maximum atomic E-state index is 13.7. The van der Waals surface area contributed by atoms with Crippen LogP contribution in [0.15, 0.2) is 26.9 Å². The SMILES string of the molecule is CC1=Cc2cc(F)c(C(=O)N=C(N)N)cc2S1(=O)=O. The molecule has 19 heavy (non-hydrogen) atoms. The molecule has 0 fully saturated rings. The Hall–Kier alpha value is -2.22. The second-order valence-electron chi connectivity index (χ2n) is 3.97. The second-order valence-corrected chi connectivity index (χ2v) is 6.06. The van der Waals surface area contributed by atoms with E-state index in [1.807, 2.05) is 0 Å². The molecule has 2 rings (SSSR count). The van der Waals surface area contributed by atoms with Crippen molar-refractivity contribution in [3.8, 4) is 0 Å². The van der Waals surface area contributed by atoms with Gasteiger partial charge in [-0.05, 0) is 30.7 Å². The highest BCUT2D eigenvalue weighted by Crippen LogP contribution is 2.34. The van der Waals surface area contributed by atoms with Gasteiger partial charge in [-0.1, -0.05) is 0 Å². The third-order valence-corrected chi connectivity index (χ3v) is 4.53. The number of hydrogen-bond donors (Lipinski definition) is 2. The zero-order chi connectivity index (χ0) is 14.4. The summed E-state index contributed by atoms with van der Waals surface area (Å²) >= 11 is 0. The molecule has 0 unspecified atom stereocenters. The molecular formula is C11H10FN3O3S. The Balaban J connectivity index is 2.64. The Labute approximate surface area is 108 Å². The van der Waals surface area contributed by atoms with Gasteiger partial charge in [-0.2, -0.15) is 4.99 Å². The van der Waals surface area contributed by atoms with E-state index < -0.39 is 33.1 Å². The Morgan fingerprint density at radius 3 is 2.53 bits per heavy atom. The predicted molar refractivity (Wildman–Crippen MR) is 67.4 cm³/mol. The van der Waals surface area contributed by atoms with E-state index in [1.54, 1.807) is 0 Å². The molecule has 1 aromatic carbocycles. The lowest BCUT2D eigenvalue weighted by Crippen LogP contribution is -2.24. The number of nitrogens with zero attached hydrogens (tertiary/aromatic N) is 1. The lowest BCUT2D eigenvalue weighted by molar-refractivity contribution is 0.0998. The van der Waals surface area contributed by atoms with E-state index in [9.17, 15) is 17.6 Å². The fourth-order valence-electron chi connectivity index (χ4n) is 1.73. The predicted octanol–water partition coefficient (Wildman–Crippen LogP) is 0.387. The van der Waals surface area contributed by atoms with E-state index in [-0.39, 0.29) is 15.4 Å². The molecule has 0 aromatic heterocycles. The number of amides is 1. The smallest absolute Gasteiger partial charge is 0.283 e. The van der Waals surface area contributed by atoms with Gasteiger partial charge < -0.3 is 11.5 Å². The van der Waals surface area contributed by atoms with Crippen LogP contribution in [0.25, 0.3) is 6.08 Å². The highest BCUT2D eigenvalue weighted by atomic mass is 32.2. The molecule has 100 valence electrons. The average Bonchev–Trinajstić information content (AvgIpc) is 2.47. The summed E-state index contributed by atoms with van der Waals surface area (Å²) in [4.78, 5) is 14.7. The molecule has 0 radical (unpaired) electrons. The van der Waals surface area contributed by atoms with Crippen LogP contribution in [0.3, 0.4) is 0 Å². The summed E-state index contributed by atoms with van der Waals surface area (Å²) in [5.74, 6) is -2.43. The molecule has 1 aliphatic heterocycles. The minimum atomic E-state index is -3.65. The zero-order valence-electron chi connectivity index (χ0n) is 9.84. The molecule has 1 aromatic rings. The van der Waals surface area contributed by atoms with E-state index in [1.165, 1.54) is 13.0 Å². The molecule has 0 saturated carbocycles. The van der Waals surface area contributed by atoms with Crippen molar-refractivity contribution in [3.05, 3.63) is 34.0 Å². The highest BCUT2D eigenvalue weighted by molar-refractivity contribution is 7.95. The second kappa shape index (κ2) is 4.16. The van der Waals surface area contributed by atoms with E-state index in [4.69, 9.17) is 11.5 Å². The van der Waals surface area contributed by atoms with E-state index in [0.29, 0.717) is 0 Å². The van der Waals surface area contributed by atoms with Crippen LogP contribution in [0.2, 0.25) is 0 Å². The molecule has 8 heteroatoms. The molecule has 4 N–H and O–H groups in total. The number of fused-ring (bicyclic) bond motifs is 1. The third kappa shape index (κ3) is 2.10. The van der Waals surface area contributed by atoms with E-state index in [0.717, 1.165) is 12.1 Å². The third-order valence-electron chi connectivity index (χ3n) is 2.63. The molecule has 0 saturated heterocycles. The maximum absolute atomic E-state index is 13.7. The van der Waals surface area contributed by atoms with Crippen molar-refractivity contribution >= 4 is 27.8 Å². The van der Waals surface area contributed by atoms with Crippen molar-refractivity contribution in [2.24, 2.45) is 16.5 Å². The highest BCUT2D eigenvalue weighted by Gasteiger charge is 2.29. The number of guanidine groups is 1. The Morgan fingerprint density at radius 1 is 1.32 bits per heavy atom. The minimum absolute atomic E-state index is 0.0911. The first-order valence-corrected chi connectivity index (χ1v) is 6.62. The monoisotopic (exact) mass is 283 g/mol. The van der Waals surface area contributed by atoms with E-state index >= 15 is 0 Å². The minimum Gasteiger partial charge on any atom is -0.370 e. The molecule has 0 aliphatic carbocycles. The van der Waals surface area contributed by atoms with Crippen LogP contribution in [-0.2, 0) is 9.84 Å². The normalized spacial score (nSPS) is 15.6. The summed E-state index contributed by atoms with van der Waals surface area (Å²) in [6, 6.07) is 1.92. The number of rotatable bonds is 1. The van der Waals surface area contributed by atoms with Gasteiger partial charge in [0.25, 0.3) is 5.91 Å². The van der Waals surface area contributed by atoms with Crippen LogP contribution in [0, 0.1) is 5.82 Å². The quantitative estimate of drug-likeness (QED) is 0.439. The zero-order valence-corrected chi connectivity index (χ0v) is 10.7. The summed E-state index contributed by atoms with van der Waals surface area (Å²) in [7, 11) is -3.65. The van der Waals surface area contributed by atoms with Crippen molar-refractivity contribution < 1.29 is 17.6 Å². The Bertz CT molecular complexity index is 747. The molecular weight excluding hydrogens is 273 g/mol. The first kappa shape index (κ1) is 13.2. The number of aliphatic imine (C=N–C) groups is 1. The molecule has 0 atom stereocenters. The van der Waals surface area contributed by atoms with Gasteiger partial charge in [0.05, 0.1) is 10.5 Å². The summed E-state index contributed by atoms with van der Waals surface area (Å²) in [5.41, 5.74) is 9.77. The van der Waals surface area contributed by atoms with Gasteiger partial charge in [0, 0.05) is 4.91 Å². The molecule has 1 amide bonds. The number of benzene rings is 1. The van der Waals surface area contributed by atoms with Gasteiger partial charge in [0.15, 0.2) is 5.96 Å². The number of halogens is 1. The number of hydrogen-bond acceptors (Lipinski definition) is 3. The molecule has 1 heterocycles. The van der Waals surface area contributed by atoms with E-state index in [2.05, 4.69) is 4.99 Å². The first-order valence-electron chi connectivity index (χ1n) is 5.14. The number of allylic oxidation sites excluding steroid dienone is 1. The van der Waals surface area contributed by atoms with Crippen LogP contribution in [0.1, 0.15) is 22.8 Å². The van der Waals surface area contributed by atoms with Crippen LogP contribution >= 0.6 is 0 Å². The largest absolute Gasteiger partial charge is 0.370 e. The van der Waals surface area contributed by atoms with Crippen molar-refractivity contribution in [1.82, 2.24) is 0 Å². The lowest BCUT2D eigenvalue weighted by atomic mass is 10.1. The van der Waals surface area contributed by atoms with Gasteiger partial charge in [-0.15, -0.1) is 0 Å². The fourth-order valence-corrected chi connectivity index (χ4v) is 3.06. The molecule has 0 bridgehead atoms. The topological polar surface area (TPSA) is 116 Å². The van der Waals surface area contributed by atoms with Crippen molar-refractivity contribution in [1.29, 1.82) is 0 Å². The van der Waals surface area contributed by atoms with Crippen LogP contribution < -0.4 is 11.5 Å². The van der Waals surface area contributed by atoms with Gasteiger partial charge in [-0.3, -0.25) is 4.79 Å². The van der Waals surface area contributed by atoms with Crippen LogP contribution in [0.4, 0.5) is 4.39 Å². The standard InChI is InChI=1S/C11H10FN3O3S/c1-5-2-6-3-8(12)7(10(16)15-11(13)14)4-9(6)19(5,17)18/h2-4H,1H3,(H4,13,14,15,16). The van der Waals surface area contributed by atoms with Gasteiger partial charge >= 0.3 is 0 Å². The van der Waals surface area contributed by atoms with Gasteiger partial charge in [-0.25, -0.2) is 12.8 Å². The van der Waals surface area contributed by atoms with Gasteiger partial charge in [0.1, 0.15) is 5.82 Å². The summed E-state index contributed by atoms with van der Waals surface area (Å²) < 4.78 is 37.5. The Kier molecular flexibility index (Phi) is 2.90. The van der Waals surface area contributed by atoms with Crippen molar-refractivity contribution in [2.75, 3.05) is 0 Å². The maximum Gasteiger partial charge on any atom is 0.283 e. The van der Waals surface area contributed by atoms with Crippen molar-refractivity contribution in [2.45, 2.75) is 11.8 Å². The Morgan fingerprint density at radius 2 is 1.95 bits per heavy atom. The first-order chi connectivity index (χ1) is 8.73. The van der Waals surface area contributed by atoms with Gasteiger partial charge in [0.2, 0.25) is 9.84 Å². The number of nitrogens with two attached hydrogens (primary N) is 2. The number of carbonyl (C=O) groups excluding carboxylic acids is 1. The average molecular weight is 283 g/mol. The lowest BCUT2D eigenvalue weighted by Gasteiger charge is -2.04. The summed E-state index contributed by atoms with van der Waals surface area (Å²) in [5, 5.41) is 0. The number of sulfone groups is 1. The van der Waals surface area contributed by atoms with Crippen LogP contribution in [-0.4, -0.2) is 20.3 Å². The van der Waals surface area contributed by atoms with Crippen LogP contribution in [0.5, 0.6) is 0 Å². The molecule has 0 spiro atoms. The molecule has 6 nitrogen and oxygen atoms in total. The fraction of sp³-hybridized carbons (Fsp3) is 0.0909. The summed E-state index contributed by atoms with van der Waals surface area (Å²) in [6.07, 6.45) is 1.34.